The number of hydrogen-bond acceptors (Lipinski definition) is 3. The van der Waals surface area contributed by atoms with Crippen LogP contribution >= 0.6 is 0 Å². The topological polar surface area (TPSA) is 88.4 Å². The number of carboxylic acids is 1. The van der Waals surface area contributed by atoms with Gasteiger partial charge in [0.1, 0.15) is 12.4 Å². The fraction of sp³-hybridized carbons (Fsp3) is 0.0714. The SMILES string of the molecule is O=C(Cn1ccc(C(=O)O)cc1=O)Nc1ccc(F)cc1. The summed E-state index contributed by atoms with van der Waals surface area (Å²) in [5.41, 5.74) is -0.337. The van der Waals surface area contributed by atoms with Gasteiger partial charge in [-0.25, -0.2) is 9.18 Å². The molecule has 0 aliphatic rings. The number of benzene rings is 1. The van der Waals surface area contributed by atoms with Gasteiger partial charge in [-0.3, -0.25) is 9.59 Å². The lowest BCUT2D eigenvalue weighted by Crippen LogP contribution is -2.27. The zero-order valence-corrected chi connectivity index (χ0v) is 10.7. The minimum absolute atomic E-state index is 0.143. The molecule has 2 N–H and O–H groups in total. The Morgan fingerprint density at radius 1 is 1.19 bits per heavy atom. The Morgan fingerprint density at radius 3 is 2.43 bits per heavy atom. The second kappa shape index (κ2) is 6.00. The van der Waals surface area contributed by atoms with E-state index in [-0.39, 0.29) is 12.1 Å². The van der Waals surface area contributed by atoms with Crippen LogP contribution < -0.4 is 10.9 Å². The minimum atomic E-state index is -1.21. The summed E-state index contributed by atoms with van der Waals surface area (Å²) in [6.07, 6.45) is 1.23. The van der Waals surface area contributed by atoms with E-state index in [1.807, 2.05) is 0 Å². The van der Waals surface area contributed by atoms with E-state index in [0.717, 1.165) is 10.6 Å². The molecule has 6 nitrogen and oxygen atoms in total. The molecule has 108 valence electrons. The van der Waals surface area contributed by atoms with Gasteiger partial charge in [-0.2, -0.15) is 0 Å². The molecule has 0 spiro atoms. The van der Waals surface area contributed by atoms with E-state index in [1.54, 1.807) is 0 Å². The first-order valence-electron chi connectivity index (χ1n) is 5.95. The van der Waals surface area contributed by atoms with E-state index in [2.05, 4.69) is 5.32 Å². The molecule has 2 rings (SSSR count). The predicted molar refractivity (Wildman–Crippen MR) is 72.7 cm³/mol. The molecule has 0 saturated carbocycles. The van der Waals surface area contributed by atoms with Gasteiger partial charge in [-0.15, -0.1) is 0 Å². The number of rotatable bonds is 4. The number of hydrogen-bond donors (Lipinski definition) is 2. The summed E-state index contributed by atoms with van der Waals surface area (Å²) in [4.78, 5) is 34.1. The number of aromatic carboxylic acids is 1. The van der Waals surface area contributed by atoms with Gasteiger partial charge in [-0.1, -0.05) is 0 Å². The van der Waals surface area contributed by atoms with Crippen molar-refractivity contribution in [2.75, 3.05) is 5.32 Å². The average Bonchev–Trinajstić information content (AvgIpc) is 2.43. The molecule has 0 radical (unpaired) electrons. The highest BCUT2D eigenvalue weighted by Crippen LogP contribution is 2.08. The quantitative estimate of drug-likeness (QED) is 0.889. The number of anilines is 1. The number of pyridine rings is 1. The first-order chi connectivity index (χ1) is 9.95. The third-order valence-corrected chi connectivity index (χ3v) is 2.68. The maximum Gasteiger partial charge on any atom is 0.335 e. The highest BCUT2D eigenvalue weighted by Gasteiger charge is 2.08. The Kier molecular flexibility index (Phi) is 4.13. The van der Waals surface area contributed by atoms with E-state index in [4.69, 9.17) is 5.11 Å². The molecule has 1 aromatic carbocycles. The summed E-state index contributed by atoms with van der Waals surface area (Å²) in [5.74, 6) is -2.12. The Hall–Kier alpha value is -2.96. The largest absolute Gasteiger partial charge is 0.478 e. The molecular formula is C14H11FN2O4. The first-order valence-corrected chi connectivity index (χ1v) is 5.95. The van der Waals surface area contributed by atoms with Gasteiger partial charge in [0.25, 0.3) is 5.56 Å². The number of carbonyl (C=O) groups is 2. The van der Waals surface area contributed by atoms with Gasteiger partial charge in [0, 0.05) is 18.0 Å². The molecule has 0 saturated heterocycles. The molecule has 0 aliphatic carbocycles. The van der Waals surface area contributed by atoms with Crippen molar-refractivity contribution in [3.8, 4) is 0 Å². The number of halogens is 1. The van der Waals surface area contributed by atoms with Gasteiger partial charge in [0.05, 0.1) is 5.56 Å². The molecular weight excluding hydrogens is 279 g/mol. The average molecular weight is 290 g/mol. The van der Waals surface area contributed by atoms with Crippen molar-refractivity contribution < 1.29 is 19.1 Å². The maximum atomic E-state index is 12.7. The molecule has 0 bridgehead atoms. The van der Waals surface area contributed by atoms with Crippen LogP contribution in [0.3, 0.4) is 0 Å². The van der Waals surface area contributed by atoms with E-state index in [9.17, 15) is 18.8 Å². The monoisotopic (exact) mass is 290 g/mol. The fourth-order valence-corrected chi connectivity index (χ4v) is 1.66. The lowest BCUT2D eigenvalue weighted by atomic mass is 10.2. The first kappa shape index (κ1) is 14.4. The van der Waals surface area contributed by atoms with Crippen LogP contribution in [0.25, 0.3) is 0 Å². The van der Waals surface area contributed by atoms with Crippen molar-refractivity contribution in [1.29, 1.82) is 0 Å². The molecule has 0 aliphatic heterocycles. The van der Waals surface area contributed by atoms with E-state index in [0.29, 0.717) is 5.69 Å². The van der Waals surface area contributed by atoms with Crippen LogP contribution in [0.15, 0.2) is 47.4 Å². The Balaban J connectivity index is 2.07. The normalized spacial score (nSPS) is 10.1. The number of carbonyl (C=O) groups excluding carboxylic acids is 1. The van der Waals surface area contributed by atoms with Gasteiger partial charge < -0.3 is 15.0 Å². The molecule has 2 aromatic rings. The minimum Gasteiger partial charge on any atom is -0.478 e. The van der Waals surface area contributed by atoms with Crippen LogP contribution in [0.2, 0.25) is 0 Å². The predicted octanol–water partition coefficient (Wildman–Crippen LogP) is 1.32. The van der Waals surface area contributed by atoms with Crippen molar-refractivity contribution >= 4 is 17.6 Å². The third kappa shape index (κ3) is 3.75. The molecule has 7 heteroatoms. The number of carboxylic acid groups (broad SMARTS) is 1. The van der Waals surface area contributed by atoms with Crippen LogP contribution in [-0.4, -0.2) is 21.6 Å². The Bertz CT molecular complexity index is 737. The number of amides is 1. The van der Waals surface area contributed by atoms with E-state index < -0.39 is 23.3 Å². The van der Waals surface area contributed by atoms with Crippen molar-refractivity contribution in [1.82, 2.24) is 4.57 Å². The van der Waals surface area contributed by atoms with Crippen molar-refractivity contribution in [3.05, 3.63) is 64.3 Å². The van der Waals surface area contributed by atoms with Crippen molar-refractivity contribution in [2.24, 2.45) is 0 Å². The van der Waals surface area contributed by atoms with Crippen LogP contribution in [0.5, 0.6) is 0 Å². The summed E-state index contributed by atoms with van der Waals surface area (Å²) in [7, 11) is 0. The van der Waals surface area contributed by atoms with Crippen LogP contribution in [0, 0.1) is 5.82 Å². The third-order valence-electron chi connectivity index (χ3n) is 2.68. The smallest absolute Gasteiger partial charge is 0.335 e. The second-order valence-corrected chi connectivity index (χ2v) is 4.24. The highest BCUT2D eigenvalue weighted by molar-refractivity contribution is 5.90. The second-order valence-electron chi connectivity index (χ2n) is 4.24. The number of nitrogens with one attached hydrogen (secondary N) is 1. The van der Waals surface area contributed by atoms with E-state index >= 15 is 0 Å². The Morgan fingerprint density at radius 2 is 1.86 bits per heavy atom. The molecule has 21 heavy (non-hydrogen) atoms. The van der Waals surface area contributed by atoms with Crippen LogP contribution in [-0.2, 0) is 11.3 Å². The maximum absolute atomic E-state index is 12.7. The molecule has 1 amide bonds. The molecule has 1 heterocycles. The fourth-order valence-electron chi connectivity index (χ4n) is 1.66. The molecule has 1 aromatic heterocycles. The van der Waals surface area contributed by atoms with Gasteiger partial charge in [0.15, 0.2) is 0 Å². The summed E-state index contributed by atoms with van der Waals surface area (Å²) < 4.78 is 13.8. The Labute approximate surface area is 118 Å². The lowest BCUT2D eigenvalue weighted by Gasteiger charge is -2.07. The molecule has 0 fully saturated rings. The van der Waals surface area contributed by atoms with Crippen LogP contribution in [0.4, 0.5) is 10.1 Å². The number of aromatic nitrogens is 1. The zero-order valence-electron chi connectivity index (χ0n) is 10.7. The van der Waals surface area contributed by atoms with Gasteiger partial charge >= 0.3 is 5.97 Å². The standard InChI is InChI=1S/C14H11FN2O4/c15-10-1-3-11(4-2-10)16-12(18)8-17-6-5-9(14(20)21)7-13(17)19/h1-7H,8H2,(H,16,18)(H,20,21). The molecule has 0 atom stereocenters. The highest BCUT2D eigenvalue weighted by atomic mass is 19.1. The van der Waals surface area contributed by atoms with Crippen LogP contribution in [0.1, 0.15) is 10.4 Å². The summed E-state index contributed by atoms with van der Waals surface area (Å²) in [5, 5.41) is 11.2. The summed E-state index contributed by atoms with van der Waals surface area (Å²) in [6.45, 7) is -0.268. The zero-order chi connectivity index (χ0) is 15.4. The van der Waals surface area contributed by atoms with Crippen molar-refractivity contribution in [3.63, 3.8) is 0 Å². The van der Waals surface area contributed by atoms with Gasteiger partial charge in [-0.05, 0) is 30.3 Å². The summed E-state index contributed by atoms with van der Waals surface area (Å²) >= 11 is 0. The van der Waals surface area contributed by atoms with Crippen molar-refractivity contribution in [2.45, 2.75) is 6.54 Å². The van der Waals surface area contributed by atoms with Gasteiger partial charge in [0.2, 0.25) is 5.91 Å². The van der Waals surface area contributed by atoms with E-state index in [1.165, 1.54) is 36.5 Å². The number of nitrogens with zero attached hydrogens (tertiary/aromatic N) is 1. The molecule has 0 unspecified atom stereocenters. The summed E-state index contributed by atoms with van der Waals surface area (Å²) in [6, 6.07) is 7.35. The lowest BCUT2D eigenvalue weighted by molar-refractivity contribution is -0.116.